The number of nitrogens with zero attached hydrogens (tertiary/aromatic N) is 1. The molecule has 2 atom stereocenters. The lowest BCUT2D eigenvalue weighted by Crippen LogP contribution is -2.46. The summed E-state index contributed by atoms with van der Waals surface area (Å²) in [4.78, 5) is 1.46. The summed E-state index contributed by atoms with van der Waals surface area (Å²) >= 11 is 0. The molecule has 0 bridgehead atoms. The first kappa shape index (κ1) is 16.0. The molecule has 0 spiro atoms. The Morgan fingerprint density at radius 2 is 1.70 bits per heavy atom. The van der Waals surface area contributed by atoms with Crippen molar-refractivity contribution in [3.63, 3.8) is 0 Å². The SMILES string of the molecule is CC1(C)OC(C)(C)C(CN(CC(F)(F)F)C2CC2)C1O. The largest absolute Gasteiger partial charge is 0.401 e. The number of aliphatic hydroxyl groups excluding tert-OH is 1. The van der Waals surface area contributed by atoms with Crippen LogP contribution in [-0.2, 0) is 4.74 Å². The monoisotopic (exact) mass is 295 g/mol. The van der Waals surface area contributed by atoms with E-state index in [0.717, 1.165) is 12.8 Å². The summed E-state index contributed by atoms with van der Waals surface area (Å²) in [5.74, 6) is -0.319. The lowest BCUT2D eigenvalue weighted by atomic mass is 9.84. The summed E-state index contributed by atoms with van der Waals surface area (Å²) in [5, 5.41) is 10.4. The van der Waals surface area contributed by atoms with E-state index in [1.807, 2.05) is 13.8 Å². The van der Waals surface area contributed by atoms with Crippen LogP contribution in [0.3, 0.4) is 0 Å². The van der Waals surface area contributed by atoms with E-state index in [-0.39, 0.29) is 18.5 Å². The second-order valence-corrected chi connectivity index (χ2v) is 7.14. The second kappa shape index (κ2) is 4.85. The Morgan fingerprint density at radius 1 is 1.15 bits per heavy atom. The first-order chi connectivity index (χ1) is 8.92. The van der Waals surface area contributed by atoms with Crippen LogP contribution in [-0.4, -0.2) is 52.6 Å². The molecule has 0 aromatic heterocycles. The summed E-state index contributed by atoms with van der Waals surface area (Å²) in [6.45, 7) is 6.57. The topological polar surface area (TPSA) is 32.7 Å². The van der Waals surface area contributed by atoms with Gasteiger partial charge in [0.15, 0.2) is 0 Å². The summed E-state index contributed by atoms with van der Waals surface area (Å²) in [6.07, 6.45) is -3.34. The zero-order valence-corrected chi connectivity index (χ0v) is 12.5. The third-order valence-electron chi connectivity index (χ3n) is 4.39. The van der Waals surface area contributed by atoms with Crippen molar-refractivity contribution in [3.8, 4) is 0 Å². The predicted octanol–water partition coefficient (Wildman–Crippen LogP) is 2.58. The zero-order valence-electron chi connectivity index (χ0n) is 12.5. The van der Waals surface area contributed by atoms with Crippen molar-refractivity contribution in [3.05, 3.63) is 0 Å². The highest BCUT2D eigenvalue weighted by Crippen LogP contribution is 2.44. The van der Waals surface area contributed by atoms with E-state index < -0.39 is 30.0 Å². The van der Waals surface area contributed by atoms with Crippen LogP contribution in [0.25, 0.3) is 0 Å². The van der Waals surface area contributed by atoms with Crippen molar-refractivity contribution in [2.45, 2.75) is 70.1 Å². The lowest BCUT2D eigenvalue weighted by Gasteiger charge is -2.33. The number of rotatable bonds is 4. The highest BCUT2D eigenvalue weighted by atomic mass is 19.4. The summed E-state index contributed by atoms with van der Waals surface area (Å²) in [7, 11) is 0. The van der Waals surface area contributed by atoms with Gasteiger partial charge in [-0.2, -0.15) is 13.2 Å². The van der Waals surface area contributed by atoms with Crippen LogP contribution < -0.4 is 0 Å². The zero-order chi connectivity index (χ0) is 15.3. The van der Waals surface area contributed by atoms with E-state index in [2.05, 4.69) is 0 Å². The van der Waals surface area contributed by atoms with Crippen molar-refractivity contribution in [2.75, 3.05) is 13.1 Å². The van der Waals surface area contributed by atoms with Crippen LogP contribution >= 0.6 is 0 Å². The molecule has 20 heavy (non-hydrogen) atoms. The van der Waals surface area contributed by atoms with E-state index in [4.69, 9.17) is 4.74 Å². The van der Waals surface area contributed by atoms with Crippen LogP contribution in [0.2, 0.25) is 0 Å². The quantitative estimate of drug-likeness (QED) is 0.865. The predicted molar refractivity (Wildman–Crippen MR) is 69.4 cm³/mol. The summed E-state index contributed by atoms with van der Waals surface area (Å²) < 4.78 is 43.9. The molecule has 1 heterocycles. The average molecular weight is 295 g/mol. The Balaban J connectivity index is 2.10. The molecule has 2 fully saturated rings. The first-order valence-electron chi connectivity index (χ1n) is 7.11. The van der Waals surface area contributed by atoms with Crippen molar-refractivity contribution < 1.29 is 23.0 Å². The third kappa shape index (κ3) is 3.46. The molecule has 0 aromatic carbocycles. The molecule has 3 nitrogen and oxygen atoms in total. The smallest absolute Gasteiger partial charge is 0.390 e. The Bertz CT molecular complexity index is 364. The van der Waals surface area contributed by atoms with E-state index >= 15 is 0 Å². The van der Waals surface area contributed by atoms with Gasteiger partial charge in [-0.15, -0.1) is 0 Å². The number of hydrogen-bond acceptors (Lipinski definition) is 3. The van der Waals surface area contributed by atoms with Gasteiger partial charge >= 0.3 is 6.18 Å². The maximum absolute atomic E-state index is 12.7. The van der Waals surface area contributed by atoms with Crippen molar-refractivity contribution in [2.24, 2.45) is 5.92 Å². The van der Waals surface area contributed by atoms with Crippen LogP contribution in [0, 0.1) is 5.92 Å². The minimum Gasteiger partial charge on any atom is -0.390 e. The van der Waals surface area contributed by atoms with Gasteiger partial charge in [-0.3, -0.25) is 4.90 Å². The fourth-order valence-corrected chi connectivity index (χ4v) is 3.26. The van der Waals surface area contributed by atoms with Gasteiger partial charge in [0.05, 0.1) is 23.9 Å². The van der Waals surface area contributed by atoms with Gasteiger partial charge in [0.2, 0.25) is 0 Å². The van der Waals surface area contributed by atoms with Gasteiger partial charge in [0.1, 0.15) is 0 Å². The van der Waals surface area contributed by atoms with Crippen LogP contribution in [0.15, 0.2) is 0 Å². The molecule has 0 amide bonds. The van der Waals surface area contributed by atoms with Gasteiger partial charge in [-0.05, 0) is 40.5 Å². The standard InChI is InChI=1S/C14H24F3NO2/c1-12(2)10(11(19)13(3,4)20-12)7-18(9-5-6-9)8-14(15,16)17/h9-11,19H,5-8H2,1-4H3. The summed E-state index contributed by atoms with van der Waals surface area (Å²) in [6, 6.07) is 0.00309. The molecule has 1 saturated heterocycles. The van der Waals surface area contributed by atoms with Gasteiger partial charge in [0, 0.05) is 18.5 Å². The molecule has 1 aliphatic carbocycles. The molecule has 0 aromatic rings. The minimum absolute atomic E-state index is 0.00309. The molecule has 6 heteroatoms. The number of hydrogen-bond donors (Lipinski definition) is 1. The average Bonchev–Trinajstić information content (AvgIpc) is 3.00. The number of alkyl halides is 3. The summed E-state index contributed by atoms with van der Waals surface area (Å²) in [5.41, 5.74) is -1.34. The van der Waals surface area contributed by atoms with Crippen LogP contribution in [0.1, 0.15) is 40.5 Å². The number of ether oxygens (including phenoxy) is 1. The Labute approximate surface area is 118 Å². The maximum atomic E-state index is 12.7. The molecule has 1 aliphatic heterocycles. The van der Waals surface area contributed by atoms with E-state index in [9.17, 15) is 18.3 Å². The fraction of sp³-hybridized carbons (Fsp3) is 1.00. The highest BCUT2D eigenvalue weighted by molar-refractivity contribution is 5.03. The van der Waals surface area contributed by atoms with Crippen LogP contribution in [0.5, 0.6) is 0 Å². The Morgan fingerprint density at radius 3 is 2.05 bits per heavy atom. The molecular weight excluding hydrogens is 271 g/mol. The lowest BCUT2D eigenvalue weighted by molar-refractivity contribution is -0.151. The minimum atomic E-state index is -4.20. The molecule has 2 aliphatic rings. The molecule has 1 saturated carbocycles. The molecule has 2 rings (SSSR count). The highest BCUT2D eigenvalue weighted by Gasteiger charge is 2.54. The van der Waals surface area contributed by atoms with Crippen molar-refractivity contribution in [1.29, 1.82) is 0 Å². The number of aliphatic hydroxyl groups is 1. The Hall–Kier alpha value is -0.330. The van der Waals surface area contributed by atoms with E-state index in [1.54, 1.807) is 13.8 Å². The van der Waals surface area contributed by atoms with Gasteiger partial charge in [-0.25, -0.2) is 0 Å². The molecule has 2 unspecified atom stereocenters. The number of halogens is 3. The molecule has 0 radical (unpaired) electrons. The van der Waals surface area contributed by atoms with Gasteiger partial charge in [0.25, 0.3) is 0 Å². The van der Waals surface area contributed by atoms with Crippen LogP contribution in [0.4, 0.5) is 13.2 Å². The van der Waals surface area contributed by atoms with Gasteiger partial charge in [-0.1, -0.05) is 0 Å². The van der Waals surface area contributed by atoms with Crippen molar-refractivity contribution >= 4 is 0 Å². The molecular formula is C14H24F3NO2. The first-order valence-corrected chi connectivity index (χ1v) is 7.11. The van der Waals surface area contributed by atoms with E-state index in [0.29, 0.717) is 0 Å². The normalized spacial score (nSPS) is 32.9. The van der Waals surface area contributed by atoms with Gasteiger partial charge < -0.3 is 9.84 Å². The molecule has 118 valence electrons. The van der Waals surface area contributed by atoms with Crippen molar-refractivity contribution in [1.82, 2.24) is 4.90 Å². The third-order valence-corrected chi connectivity index (χ3v) is 4.39. The second-order valence-electron chi connectivity index (χ2n) is 7.14. The van der Waals surface area contributed by atoms with E-state index in [1.165, 1.54) is 4.90 Å². The maximum Gasteiger partial charge on any atom is 0.401 e. The Kier molecular flexibility index (Phi) is 3.89. The molecule has 1 N–H and O–H groups in total. The fourth-order valence-electron chi connectivity index (χ4n) is 3.26.